The van der Waals surface area contributed by atoms with Gasteiger partial charge in [-0.05, 0) is 47.9 Å². The zero-order chi connectivity index (χ0) is 27.9. The van der Waals surface area contributed by atoms with Crippen molar-refractivity contribution in [1.29, 1.82) is 0 Å². The lowest BCUT2D eigenvalue weighted by Gasteiger charge is -2.34. The fraction of sp³-hybridized carbons (Fsp3) is 0.533. The number of carbonyl (C=O) groups is 2. The van der Waals surface area contributed by atoms with Crippen molar-refractivity contribution in [2.24, 2.45) is 0 Å². The Balaban J connectivity index is 1.89. The molecule has 1 aliphatic carbocycles. The van der Waals surface area contributed by atoms with Crippen LogP contribution in [0, 0.1) is 0 Å². The van der Waals surface area contributed by atoms with Gasteiger partial charge in [0.2, 0.25) is 21.8 Å². The minimum absolute atomic E-state index is 0.0865. The highest BCUT2D eigenvalue weighted by molar-refractivity contribution is 7.92. The van der Waals surface area contributed by atoms with Crippen LogP contribution in [0.3, 0.4) is 0 Å². The van der Waals surface area contributed by atoms with Gasteiger partial charge >= 0.3 is 0 Å². The largest absolute Gasteiger partial charge is 0.352 e. The van der Waals surface area contributed by atoms with Crippen LogP contribution in [-0.4, -0.2) is 50.0 Å². The Kier molecular flexibility index (Phi) is 9.99. The van der Waals surface area contributed by atoms with Crippen molar-refractivity contribution in [3.63, 3.8) is 0 Å². The molecule has 0 saturated heterocycles. The normalized spacial score (nSPS) is 15.5. The van der Waals surface area contributed by atoms with E-state index in [0.29, 0.717) is 12.1 Å². The van der Waals surface area contributed by atoms with Gasteiger partial charge in [-0.1, -0.05) is 89.4 Å². The van der Waals surface area contributed by atoms with Crippen LogP contribution in [0.4, 0.5) is 5.69 Å². The van der Waals surface area contributed by atoms with Crippen LogP contribution in [0.5, 0.6) is 0 Å². The van der Waals surface area contributed by atoms with Crippen LogP contribution in [-0.2, 0) is 31.6 Å². The zero-order valence-corrected chi connectivity index (χ0v) is 24.3. The molecule has 1 N–H and O–H groups in total. The number of hydrogen-bond acceptors (Lipinski definition) is 4. The van der Waals surface area contributed by atoms with Gasteiger partial charge in [0.15, 0.2) is 0 Å². The first kappa shape index (κ1) is 29.7. The number of amides is 2. The highest BCUT2D eigenvalue weighted by Gasteiger charge is 2.33. The molecule has 1 unspecified atom stereocenters. The number of hydrogen-bond donors (Lipinski definition) is 1. The van der Waals surface area contributed by atoms with Crippen LogP contribution in [0.1, 0.15) is 77.3 Å². The first-order valence-corrected chi connectivity index (χ1v) is 15.5. The summed E-state index contributed by atoms with van der Waals surface area (Å²) in [6, 6.07) is 16.2. The second kappa shape index (κ2) is 12.8. The van der Waals surface area contributed by atoms with Crippen molar-refractivity contribution in [3.8, 4) is 0 Å². The van der Waals surface area contributed by atoms with Crippen molar-refractivity contribution >= 4 is 27.5 Å². The lowest BCUT2D eigenvalue weighted by atomic mass is 9.87. The Morgan fingerprint density at radius 2 is 1.58 bits per heavy atom. The van der Waals surface area contributed by atoms with Gasteiger partial charge in [-0.2, -0.15) is 0 Å². The summed E-state index contributed by atoms with van der Waals surface area (Å²) in [7, 11) is -3.76. The first-order valence-electron chi connectivity index (χ1n) is 13.6. The van der Waals surface area contributed by atoms with E-state index in [-0.39, 0.29) is 30.5 Å². The third kappa shape index (κ3) is 8.06. The van der Waals surface area contributed by atoms with Crippen molar-refractivity contribution in [3.05, 3.63) is 65.7 Å². The predicted octanol–water partition coefficient (Wildman–Crippen LogP) is 5.01. The molecule has 208 valence electrons. The van der Waals surface area contributed by atoms with Crippen LogP contribution in [0.25, 0.3) is 0 Å². The van der Waals surface area contributed by atoms with Crippen LogP contribution < -0.4 is 9.62 Å². The number of nitrogens with one attached hydrogen (secondary N) is 1. The molecule has 3 rings (SSSR count). The summed E-state index contributed by atoms with van der Waals surface area (Å²) in [5.41, 5.74) is 2.28. The molecule has 0 aliphatic heterocycles. The molecule has 0 aromatic heterocycles. The van der Waals surface area contributed by atoms with Crippen LogP contribution in [0.2, 0.25) is 0 Å². The summed E-state index contributed by atoms with van der Waals surface area (Å²) in [5, 5.41) is 3.16. The molecule has 1 fully saturated rings. The summed E-state index contributed by atoms with van der Waals surface area (Å²) >= 11 is 0. The number of sulfonamides is 1. The molecule has 1 atom stereocenters. The summed E-state index contributed by atoms with van der Waals surface area (Å²) < 4.78 is 26.8. The van der Waals surface area contributed by atoms with E-state index < -0.39 is 22.0 Å². The molecule has 38 heavy (non-hydrogen) atoms. The topological polar surface area (TPSA) is 86.8 Å². The average Bonchev–Trinajstić information content (AvgIpc) is 2.87. The Labute approximate surface area is 228 Å². The molecule has 1 saturated carbocycles. The van der Waals surface area contributed by atoms with Gasteiger partial charge in [0.1, 0.15) is 12.6 Å². The van der Waals surface area contributed by atoms with Gasteiger partial charge in [-0.25, -0.2) is 8.42 Å². The minimum atomic E-state index is -3.76. The van der Waals surface area contributed by atoms with Crippen molar-refractivity contribution < 1.29 is 18.0 Å². The monoisotopic (exact) mass is 541 g/mol. The molecule has 0 spiro atoms. The van der Waals surface area contributed by atoms with Gasteiger partial charge in [0.25, 0.3) is 0 Å². The second-order valence-corrected chi connectivity index (χ2v) is 13.2. The molecule has 8 heteroatoms. The molecule has 0 bridgehead atoms. The number of benzene rings is 2. The number of rotatable bonds is 10. The molecule has 2 aromatic carbocycles. The lowest BCUT2D eigenvalue weighted by Crippen LogP contribution is -2.53. The van der Waals surface area contributed by atoms with Crippen molar-refractivity contribution in [2.75, 3.05) is 17.1 Å². The summed E-state index contributed by atoms with van der Waals surface area (Å²) in [5.74, 6) is -0.589. The first-order chi connectivity index (χ1) is 17.9. The fourth-order valence-electron chi connectivity index (χ4n) is 4.99. The number of carbonyl (C=O) groups excluding carboxylic acids is 2. The molecular formula is C30H43N3O4S. The van der Waals surface area contributed by atoms with E-state index in [2.05, 4.69) is 26.1 Å². The van der Waals surface area contributed by atoms with Crippen molar-refractivity contribution in [1.82, 2.24) is 10.2 Å². The fourth-order valence-corrected chi connectivity index (χ4v) is 5.83. The average molecular weight is 542 g/mol. The van der Waals surface area contributed by atoms with Gasteiger partial charge < -0.3 is 10.2 Å². The SMILES string of the molecule is CCC(C(=O)NC1CCCCC1)N(Cc1ccccc1)C(=O)CN(c1ccc(C(C)(C)C)cc1)S(C)(=O)=O. The Morgan fingerprint density at radius 1 is 0.974 bits per heavy atom. The lowest BCUT2D eigenvalue weighted by molar-refractivity contribution is -0.140. The maximum Gasteiger partial charge on any atom is 0.244 e. The van der Waals surface area contributed by atoms with E-state index in [9.17, 15) is 18.0 Å². The number of anilines is 1. The van der Waals surface area contributed by atoms with Gasteiger partial charge in [-0.3, -0.25) is 13.9 Å². The minimum Gasteiger partial charge on any atom is -0.352 e. The van der Waals surface area contributed by atoms with Gasteiger partial charge in [0, 0.05) is 12.6 Å². The van der Waals surface area contributed by atoms with E-state index in [1.807, 2.05) is 49.4 Å². The third-order valence-corrected chi connectivity index (χ3v) is 8.37. The van der Waals surface area contributed by atoms with E-state index in [1.54, 1.807) is 12.1 Å². The Bertz CT molecular complexity index is 1170. The van der Waals surface area contributed by atoms with E-state index in [4.69, 9.17) is 0 Å². The summed E-state index contributed by atoms with van der Waals surface area (Å²) in [4.78, 5) is 28.8. The molecule has 0 radical (unpaired) electrons. The molecule has 1 aliphatic rings. The van der Waals surface area contributed by atoms with E-state index >= 15 is 0 Å². The standard InChI is InChI=1S/C30H43N3O4S/c1-6-27(29(35)31-25-15-11-8-12-16-25)32(21-23-13-9-7-10-14-23)28(34)22-33(38(5,36)37)26-19-17-24(18-20-26)30(2,3)4/h7,9-10,13-14,17-20,25,27H,6,8,11-12,15-16,21-22H2,1-5H3,(H,31,35). The van der Waals surface area contributed by atoms with Gasteiger partial charge in [0.05, 0.1) is 11.9 Å². The highest BCUT2D eigenvalue weighted by atomic mass is 32.2. The quantitative estimate of drug-likeness (QED) is 0.458. The molecule has 7 nitrogen and oxygen atoms in total. The molecule has 0 heterocycles. The molecule has 2 amide bonds. The van der Waals surface area contributed by atoms with Crippen molar-refractivity contribution in [2.45, 2.75) is 90.3 Å². The van der Waals surface area contributed by atoms with Crippen LogP contribution >= 0.6 is 0 Å². The zero-order valence-electron chi connectivity index (χ0n) is 23.4. The summed E-state index contributed by atoms with van der Waals surface area (Å²) in [6.07, 6.45) is 6.78. The highest BCUT2D eigenvalue weighted by Crippen LogP contribution is 2.26. The maximum absolute atomic E-state index is 13.8. The second-order valence-electron chi connectivity index (χ2n) is 11.3. The number of nitrogens with zero attached hydrogens (tertiary/aromatic N) is 2. The predicted molar refractivity (Wildman–Crippen MR) is 153 cm³/mol. The Morgan fingerprint density at radius 3 is 2.11 bits per heavy atom. The van der Waals surface area contributed by atoms with E-state index in [0.717, 1.165) is 47.4 Å². The Hall–Kier alpha value is -2.87. The maximum atomic E-state index is 13.8. The smallest absolute Gasteiger partial charge is 0.244 e. The third-order valence-electron chi connectivity index (χ3n) is 7.23. The molecule has 2 aromatic rings. The summed E-state index contributed by atoms with van der Waals surface area (Å²) in [6.45, 7) is 7.99. The molecular weight excluding hydrogens is 498 g/mol. The van der Waals surface area contributed by atoms with Crippen LogP contribution in [0.15, 0.2) is 54.6 Å². The van der Waals surface area contributed by atoms with Gasteiger partial charge in [-0.15, -0.1) is 0 Å². The van der Waals surface area contributed by atoms with E-state index in [1.165, 1.54) is 11.3 Å².